The van der Waals surface area contributed by atoms with Crippen LogP contribution in [-0.2, 0) is 36.6 Å². The van der Waals surface area contributed by atoms with Crippen molar-refractivity contribution >= 4 is 33.7 Å². The van der Waals surface area contributed by atoms with Gasteiger partial charge >= 0.3 is 11.9 Å². The molecule has 7 nitrogen and oxygen atoms in total. The Morgan fingerprint density at radius 1 is 0.794 bits per heavy atom. The van der Waals surface area contributed by atoms with E-state index in [1.807, 2.05) is 60.9 Å². The highest BCUT2D eigenvalue weighted by Gasteiger charge is 2.27. The Labute approximate surface area is 197 Å². The molecular formula is C27H28N2O5. The number of carbonyl (C=O) groups is 2. The third-order valence-corrected chi connectivity index (χ3v) is 6.30. The number of esters is 2. The summed E-state index contributed by atoms with van der Waals surface area (Å²) < 4.78 is 16.7. The lowest BCUT2D eigenvalue weighted by Crippen LogP contribution is -2.35. The van der Waals surface area contributed by atoms with Crippen LogP contribution < -0.4 is 0 Å². The highest BCUT2D eigenvalue weighted by molar-refractivity contribution is 5.84. The van der Waals surface area contributed by atoms with Gasteiger partial charge in [-0.3, -0.25) is 9.59 Å². The molecule has 1 aliphatic rings. The van der Waals surface area contributed by atoms with Gasteiger partial charge in [-0.15, -0.1) is 0 Å². The molecule has 2 aromatic carbocycles. The molecule has 0 amide bonds. The summed E-state index contributed by atoms with van der Waals surface area (Å²) in [4.78, 5) is 31.1. The molecule has 7 heteroatoms. The molecule has 2 aromatic heterocycles. The Morgan fingerprint density at radius 2 is 1.35 bits per heavy atom. The second kappa shape index (κ2) is 10.1. The lowest BCUT2D eigenvalue weighted by atomic mass is 10.1. The normalized spacial score (nSPS) is 18.2. The molecule has 0 spiro atoms. The van der Waals surface area contributed by atoms with Gasteiger partial charge in [0.1, 0.15) is 6.10 Å². The van der Waals surface area contributed by atoms with Crippen LogP contribution in [0.1, 0.15) is 36.8 Å². The number of carbonyl (C=O) groups excluding carboxylic acids is 2. The van der Waals surface area contributed by atoms with Crippen LogP contribution in [0.3, 0.4) is 0 Å². The predicted octanol–water partition coefficient (Wildman–Crippen LogP) is 4.81. The van der Waals surface area contributed by atoms with E-state index >= 15 is 0 Å². The van der Waals surface area contributed by atoms with E-state index < -0.39 is 6.29 Å². The number of fused-ring (bicyclic) bond motifs is 2. The van der Waals surface area contributed by atoms with Crippen molar-refractivity contribution in [3.05, 3.63) is 72.1 Å². The van der Waals surface area contributed by atoms with Crippen molar-refractivity contribution in [2.75, 3.05) is 6.61 Å². The van der Waals surface area contributed by atoms with Crippen molar-refractivity contribution in [1.29, 1.82) is 0 Å². The highest BCUT2D eigenvalue weighted by Crippen LogP contribution is 2.22. The number of ether oxygens (including phenoxy) is 3. The topological polar surface area (TPSA) is 93.4 Å². The summed E-state index contributed by atoms with van der Waals surface area (Å²) in [6, 6.07) is 16.0. The van der Waals surface area contributed by atoms with Gasteiger partial charge in [-0.1, -0.05) is 36.4 Å². The van der Waals surface area contributed by atoms with Crippen molar-refractivity contribution in [2.45, 2.75) is 50.9 Å². The average Bonchev–Trinajstić information content (AvgIpc) is 3.47. The maximum absolute atomic E-state index is 12.3. The zero-order valence-corrected chi connectivity index (χ0v) is 18.9. The van der Waals surface area contributed by atoms with Crippen LogP contribution in [0.15, 0.2) is 60.9 Å². The van der Waals surface area contributed by atoms with Gasteiger partial charge in [-0.25, -0.2) is 0 Å². The summed E-state index contributed by atoms with van der Waals surface area (Å²) in [6.45, 7) is 0.235. The molecule has 176 valence electrons. The summed E-state index contributed by atoms with van der Waals surface area (Å²) in [5.41, 5.74) is 4.32. The summed E-state index contributed by atoms with van der Waals surface area (Å²) in [5, 5.41) is 2.25. The summed E-state index contributed by atoms with van der Waals surface area (Å²) >= 11 is 0. The fraction of sp³-hybridized carbons (Fsp3) is 0.333. The first-order valence-electron chi connectivity index (χ1n) is 11.8. The number of para-hydroxylation sites is 2. The van der Waals surface area contributed by atoms with Crippen LogP contribution in [0.2, 0.25) is 0 Å². The van der Waals surface area contributed by atoms with Crippen LogP contribution in [0, 0.1) is 0 Å². The highest BCUT2D eigenvalue weighted by atomic mass is 16.7. The molecule has 2 atom stereocenters. The number of hydrogen-bond acceptors (Lipinski definition) is 5. The average molecular weight is 461 g/mol. The third-order valence-electron chi connectivity index (χ3n) is 6.30. The zero-order valence-electron chi connectivity index (χ0n) is 18.9. The molecule has 5 rings (SSSR count). The maximum Gasteiger partial charge on any atom is 0.308 e. The van der Waals surface area contributed by atoms with Gasteiger partial charge < -0.3 is 24.2 Å². The van der Waals surface area contributed by atoms with Crippen molar-refractivity contribution < 1.29 is 23.8 Å². The number of hydrogen-bond donors (Lipinski definition) is 2. The number of aryl methyl sites for hydroxylation is 2. The van der Waals surface area contributed by atoms with Gasteiger partial charge in [0.25, 0.3) is 0 Å². The number of aromatic amines is 2. The van der Waals surface area contributed by atoms with Crippen molar-refractivity contribution in [3.63, 3.8) is 0 Å². The Morgan fingerprint density at radius 3 is 1.91 bits per heavy atom. The predicted molar refractivity (Wildman–Crippen MR) is 128 cm³/mol. The number of benzene rings is 2. The van der Waals surface area contributed by atoms with Crippen LogP contribution in [0.5, 0.6) is 0 Å². The van der Waals surface area contributed by atoms with E-state index in [0.29, 0.717) is 32.1 Å². The van der Waals surface area contributed by atoms with Gasteiger partial charge in [-0.2, -0.15) is 0 Å². The number of rotatable bonds is 8. The van der Waals surface area contributed by atoms with Crippen molar-refractivity contribution in [1.82, 2.24) is 9.97 Å². The number of nitrogens with one attached hydrogen (secondary N) is 2. The molecule has 0 radical (unpaired) electrons. The smallest absolute Gasteiger partial charge is 0.308 e. The van der Waals surface area contributed by atoms with E-state index in [0.717, 1.165) is 32.9 Å². The molecule has 0 bridgehead atoms. The lowest BCUT2D eigenvalue weighted by molar-refractivity contribution is -0.204. The van der Waals surface area contributed by atoms with Crippen molar-refractivity contribution in [3.8, 4) is 0 Å². The van der Waals surface area contributed by atoms with E-state index in [-0.39, 0.29) is 31.1 Å². The minimum atomic E-state index is -0.586. The quantitative estimate of drug-likeness (QED) is 0.368. The van der Waals surface area contributed by atoms with Crippen LogP contribution >= 0.6 is 0 Å². The maximum atomic E-state index is 12.3. The first kappa shape index (κ1) is 22.2. The summed E-state index contributed by atoms with van der Waals surface area (Å²) in [5.74, 6) is -0.530. The van der Waals surface area contributed by atoms with E-state index in [4.69, 9.17) is 14.2 Å². The molecule has 1 aliphatic heterocycles. The second-order valence-electron chi connectivity index (χ2n) is 8.66. The van der Waals surface area contributed by atoms with E-state index in [9.17, 15) is 9.59 Å². The lowest BCUT2D eigenvalue weighted by Gasteiger charge is -2.28. The first-order chi connectivity index (χ1) is 16.7. The van der Waals surface area contributed by atoms with E-state index in [1.165, 1.54) is 0 Å². The van der Waals surface area contributed by atoms with E-state index in [2.05, 4.69) is 9.97 Å². The molecule has 2 N–H and O–H groups in total. The Kier molecular flexibility index (Phi) is 6.62. The molecule has 34 heavy (non-hydrogen) atoms. The van der Waals surface area contributed by atoms with Crippen LogP contribution in [-0.4, -0.2) is 40.9 Å². The fourth-order valence-corrected chi connectivity index (χ4v) is 4.49. The minimum absolute atomic E-state index is 0.235. The molecular weight excluding hydrogens is 432 g/mol. The second-order valence-corrected chi connectivity index (χ2v) is 8.66. The molecule has 0 saturated carbocycles. The van der Waals surface area contributed by atoms with Gasteiger partial charge in [0, 0.05) is 53.5 Å². The SMILES string of the molecule is O=C(CCc1c[nH]c2ccccc12)O[C@H]1CC[C@@H](OC(=O)CCc2c[nH]c3ccccc23)OC1. The standard InChI is InChI=1S/C27H28N2O5/c30-25(12-9-18-15-28-23-7-3-1-5-21(18)23)33-20-11-14-27(32-17-20)34-26(31)13-10-19-16-29-24-8-4-2-6-22(19)24/h1-8,15-16,20,27-29H,9-14,17H2/t20-,27+/m0/s1. The van der Waals surface area contributed by atoms with Gasteiger partial charge in [0.05, 0.1) is 6.61 Å². The van der Waals surface area contributed by atoms with Crippen molar-refractivity contribution in [2.24, 2.45) is 0 Å². The number of H-pyrrole nitrogens is 2. The minimum Gasteiger partial charge on any atom is -0.460 e. The summed E-state index contributed by atoms with van der Waals surface area (Å²) in [7, 11) is 0. The third kappa shape index (κ3) is 5.15. The van der Waals surface area contributed by atoms with Gasteiger partial charge in [-0.05, 0) is 42.5 Å². The molecule has 4 aromatic rings. The first-order valence-corrected chi connectivity index (χ1v) is 11.8. The molecule has 0 aliphatic carbocycles. The molecule has 1 saturated heterocycles. The Hall–Kier alpha value is -3.58. The Balaban J connectivity index is 1.02. The van der Waals surface area contributed by atoms with Crippen LogP contribution in [0.25, 0.3) is 21.8 Å². The zero-order chi connectivity index (χ0) is 23.3. The van der Waals surface area contributed by atoms with Crippen LogP contribution in [0.4, 0.5) is 0 Å². The molecule has 0 unspecified atom stereocenters. The largest absolute Gasteiger partial charge is 0.460 e. The molecule has 3 heterocycles. The van der Waals surface area contributed by atoms with E-state index in [1.54, 1.807) is 0 Å². The van der Waals surface area contributed by atoms with Gasteiger partial charge in [0.2, 0.25) is 6.29 Å². The Bertz CT molecular complexity index is 1180. The summed E-state index contributed by atoms with van der Waals surface area (Å²) in [6.07, 6.45) is 5.93. The molecule has 1 fully saturated rings. The number of aromatic nitrogens is 2. The monoisotopic (exact) mass is 460 g/mol. The fourth-order valence-electron chi connectivity index (χ4n) is 4.49. The van der Waals surface area contributed by atoms with Gasteiger partial charge in [0.15, 0.2) is 0 Å².